The number of carbonyl (C=O) groups is 1. The third-order valence-electron chi connectivity index (χ3n) is 7.12. The fourth-order valence-electron chi connectivity index (χ4n) is 5.11. The molecule has 6 nitrogen and oxygen atoms in total. The molecule has 1 aliphatic heterocycles. The van der Waals surface area contributed by atoms with E-state index in [0.717, 1.165) is 22.5 Å². The fourth-order valence-corrected chi connectivity index (χ4v) is 5.11. The number of nitrogens with zero attached hydrogens (tertiary/aromatic N) is 2. The van der Waals surface area contributed by atoms with Gasteiger partial charge < -0.3 is 14.9 Å². The average Bonchev–Trinajstić information content (AvgIpc) is 2.91. The third kappa shape index (κ3) is 6.44. The third-order valence-corrected chi connectivity index (χ3v) is 7.12. The van der Waals surface area contributed by atoms with E-state index in [1.165, 1.54) is 0 Å². The van der Waals surface area contributed by atoms with Crippen molar-refractivity contribution >= 4 is 16.9 Å². The van der Waals surface area contributed by atoms with E-state index >= 15 is 0 Å². The molecule has 2 N–H and O–H groups in total. The molecule has 4 rings (SSSR count). The molecule has 3 atom stereocenters. The van der Waals surface area contributed by atoms with Crippen LogP contribution in [0.25, 0.3) is 10.9 Å². The molecule has 3 aromatic rings. The number of hydrogen-bond acceptors (Lipinski definition) is 5. The van der Waals surface area contributed by atoms with Gasteiger partial charge in [0.15, 0.2) is 11.6 Å². The summed E-state index contributed by atoms with van der Waals surface area (Å²) in [5, 5.41) is 21.3. The minimum absolute atomic E-state index is 0.0345. The summed E-state index contributed by atoms with van der Waals surface area (Å²) < 4.78 is 46.4. The second kappa shape index (κ2) is 12.3. The van der Waals surface area contributed by atoms with Crippen LogP contribution in [0.1, 0.15) is 42.9 Å². The molecule has 2 aromatic carbocycles. The summed E-state index contributed by atoms with van der Waals surface area (Å²) in [4.78, 5) is 17.8. The van der Waals surface area contributed by atoms with Gasteiger partial charge in [0, 0.05) is 24.5 Å². The standard InChI is InChI=1S/C29H29F3N2O4/c1-38-20-5-8-26-23(16-20)21(10-12-33-26)27(35)9-4-18-11-14-34(17-19(18)15-28(36)37)13-2-3-22-24(30)6-7-25(31)29(22)32/h5-8,10,12,16,18-19,27,35H,4,9,11,13-15,17H2,1H3,(H,36,37)/t18-,19+,27+/m1/s1. The molecule has 9 heteroatoms. The maximum atomic E-state index is 13.9. The minimum atomic E-state index is -1.32. The lowest BCUT2D eigenvalue weighted by Gasteiger charge is -2.37. The monoisotopic (exact) mass is 526 g/mol. The number of piperidine rings is 1. The first-order valence-corrected chi connectivity index (χ1v) is 12.4. The lowest BCUT2D eigenvalue weighted by molar-refractivity contribution is -0.139. The predicted molar refractivity (Wildman–Crippen MR) is 136 cm³/mol. The smallest absolute Gasteiger partial charge is 0.303 e. The highest BCUT2D eigenvalue weighted by Gasteiger charge is 2.31. The zero-order valence-corrected chi connectivity index (χ0v) is 21.0. The maximum Gasteiger partial charge on any atom is 0.303 e. The number of carboxylic acid groups (broad SMARTS) is 1. The summed E-state index contributed by atoms with van der Waals surface area (Å²) >= 11 is 0. The van der Waals surface area contributed by atoms with Crippen molar-refractivity contribution in [3.8, 4) is 17.6 Å². The van der Waals surface area contributed by atoms with Crippen LogP contribution in [0.3, 0.4) is 0 Å². The largest absolute Gasteiger partial charge is 0.497 e. The number of halogens is 3. The number of aliphatic hydroxyl groups is 1. The molecule has 0 aliphatic carbocycles. The molecule has 0 radical (unpaired) electrons. The van der Waals surface area contributed by atoms with Crippen molar-refractivity contribution in [2.45, 2.75) is 31.8 Å². The Bertz CT molecular complexity index is 1370. The van der Waals surface area contributed by atoms with Crippen LogP contribution in [-0.2, 0) is 4.79 Å². The molecule has 200 valence electrons. The van der Waals surface area contributed by atoms with Gasteiger partial charge in [0.25, 0.3) is 0 Å². The van der Waals surface area contributed by atoms with Crippen LogP contribution in [0.5, 0.6) is 5.75 Å². The Morgan fingerprint density at radius 2 is 1.97 bits per heavy atom. The molecule has 0 saturated carbocycles. The molecule has 1 fully saturated rings. The number of rotatable bonds is 8. The van der Waals surface area contributed by atoms with Crippen LogP contribution in [0.4, 0.5) is 13.2 Å². The van der Waals surface area contributed by atoms with Gasteiger partial charge in [-0.2, -0.15) is 0 Å². The Labute approximate surface area is 219 Å². The van der Waals surface area contributed by atoms with Crippen molar-refractivity contribution in [1.29, 1.82) is 0 Å². The molecule has 1 aliphatic rings. The van der Waals surface area contributed by atoms with E-state index in [9.17, 15) is 28.2 Å². The van der Waals surface area contributed by atoms with Gasteiger partial charge in [0.1, 0.15) is 11.6 Å². The second-order valence-electron chi connectivity index (χ2n) is 9.54. The molecule has 0 amide bonds. The van der Waals surface area contributed by atoms with E-state index in [4.69, 9.17) is 4.74 Å². The highest BCUT2D eigenvalue weighted by Crippen LogP contribution is 2.34. The number of likely N-dealkylation sites (tertiary alicyclic amines) is 1. The van der Waals surface area contributed by atoms with E-state index in [0.29, 0.717) is 44.2 Å². The van der Waals surface area contributed by atoms with Gasteiger partial charge in [-0.25, -0.2) is 13.2 Å². The molecule has 1 aromatic heterocycles. The number of pyridine rings is 1. The van der Waals surface area contributed by atoms with Crippen molar-refractivity contribution < 1.29 is 32.9 Å². The molecule has 38 heavy (non-hydrogen) atoms. The number of aromatic nitrogens is 1. The number of ether oxygens (including phenoxy) is 1. The van der Waals surface area contributed by atoms with Gasteiger partial charge in [-0.3, -0.25) is 14.7 Å². The fraction of sp³-hybridized carbons (Fsp3) is 0.379. The molecular formula is C29H29F3N2O4. The van der Waals surface area contributed by atoms with E-state index in [1.54, 1.807) is 19.4 Å². The van der Waals surface area contributed by atoms with Crippen LogP contribution < -0.4 is 4.74 Å². The lowest BCUT2D eigenvalue weighted by atomic mass is 9.79. The van der Waals surface area contributed by atoms with Crippen LogP contribution in [-0.4, -0.2) is 52.8 Å². The topological polar surface area (TPSA) is 82.9 Å². The number of carboxylic acids is 1. The molecule has 1 saturated heterocycles. The van der Waals surface area contributed by atoms with Crippen LogP contribution in [0.2, 0.25) is 0 Å². The molecule has 2 heterocycles. The van der Waals surface area contributed by atoms with Crippen LogP contribution in [0, 0.1) is 41.1 Å². The normalized spacial score (nSPS) is 18.6. The number of fused-ring (bicyclic) bond motifs is 1. The predicted octanol–water partition coefficient (Wildman–Crippen LogP) is 4.94. The minimum Gasteiger partial charge on any atom is -0.497 e. The van der Waals surface area contributed by atoms with Gasteiger partial charge in [0.05, 0.1) is 30.8 Å². The molecular weight excluding hydrogens is 497 g/mol. The van der Waals surface area contributed by atoms with Crippen molar-refractivity contribution in [2.75, 3.05) is 26.7 Å². The Kier molecular flexibility index (Phi) is 8.87. The number of aliphatic hydroxyl groups excluding tert-OH is 1. The van der Waals surface area contributed by atoms with Crippen LogP contribution in [0.15, 0.2) is 42.6 Å². The number of hydrogen-bond donors (Lipinski definition) is 2. The van der Waals surface area contributed by atoms with Gasteiger partial charge in [-0.15, -0.1) is 0 Å². The summed E-state index contributed by atoms with van der Waals surface area (Å²) in [5.41, 5.74) is 0.879. The number of benzene rings is 2. The first-order chi connectivity index (χ1) is 18.3. The first kappa shape index (κ1) is 27.4. The summed E-state index contributed by atoms with van der Waals surface area (Å²) in [5.74, 6) is 1.30. The van der Waals surface area contributed by atoms with Crippen molar-refractivity contribution in [3.05, 3.63) is 71.2 Å². The maximum absolute atomic E-state index is 13.9. The van der Waals surface area contributed by atoms with Crippen molar-refractivity contribution in [1.82, 2.24) is 9.88 Å². The Balaban J connectivity index is 1.41. The van der Waals surface area contributed by atoms with Gasteiger partial charge in [-0.1, -0.05) is 11.8 Å². The highest BCUT2D eigenvalue weighted by atomic mass is 19.2. The average molecular weight is 527 g/mol. The molecule has 0 spiro atoms. The van der Waals surface area contributed by atoms with E-state index in [2.05, 4.69) is 16.8 Å². The Morgan fingerprint density at radius 1 is 1.18 bits per heavy atom. The highest BCUT2D eigenvalue weighted by molar-refractivity contribution is 5.83. The van der Waals surface area contributed by atoms with Crippen LogP contribution >= 0.6 is 0 Å². The Hall–Kier alpha value is -3.61. The summed E-state index contributed by atoms with van der Waals surface area (Å²) in [7, 11) is 1.58. The Morgan fingerprint density at radius 3 is 2.74 bits per heavy atom. The number of methoxy groups -OCH3 is 1. The lowest BCUT2D eigenvalue weighted by Crippen LogP contribution is -2.41. The number of aliphatic carboxylic acids is 1. The quantitative estimate of drug-likeness (QED) is 0.320. The SMILES string of the molecule is COc1ccc2nccc([C@@H](O)CC[C@@H]3CCN(CC#Cc4c(F)ccc(F)c4F)C[C@@H]3CC(=O)O)c2c1. The first-order valence-electron chi connectivity index (χ1n) is 12.4. The second-order valence-corrected chi connectivity index (χ2v) is 9.54. The summed E-state index contributed by atoms with van der Waals surface area (Å²) in [6.07, 6.45) is 2.65. The summed E-state index contributed by atoms with van der Waals surface area (Å²) in [6, 6.07) is 8.81. The van der Waals surface area contributed by atoms with E-state index in [1.807, 2.05) is 23.1 Å². The molecule has 0 unspecified atom stereocenters. The van der Waals surface area contributed by atoms with E-state index < -0.39 is 35.1 Å². The summed E-state index contributed by atoms with van der Waals surface area (Å²) in [6.45, 7) is 1.24. The molecule has 0 bridgehead atoms. The zero-order chi connectivity index (χ0) is 27.2. The van der Waals surface area contributed by atoms with Gasteiger partial charge in [-0.05, 0) is 79.6 Å². The zero-order valence-electron chi connectivity index (χ0n) is 21.0. The van der Waals surface area contributed by atoms with Gasteiger partial charge >= 0.3 is 5.97 Å². The van der Waals surface area contributed by atoms with E-state index in [-0.39, 0.29) is 24.8 Å². The van der Waals surface area contributed by atoms with Crippen molar-refractivity contribution in [2.24, 2.45) is 11.8 Å². The van der Waals surface area contributed by atoms with Gasteiger partial charge in [0.2, 0.25) is 0 Å². The van der Waals surface area contributed by atoms with Crippen molar-refractivity contribution in [3.63, 3.8) is 0 Å².